The van der Waals surface area contributed by atoms with Crippen LogP contribution < -0.4 is 21.7 Å². The lowest BCUT2D eigenvalue weighted by molar-refractivity contribution is 0.102. The molecule has 9 heteroatoms. The highest BCUT2D eigenvalue weighted by Crippen LogP contribution is 2.28. The van der Waals surface area contributed by atoms with E-state index in [0.717, 1.165) is 5.56 Å². The number of fused-ring (bicyclic) bond motifs is 1. The molecule has 0 saturated heterocycles. The number of urea groups is 1. The Kier molecular flexibility index (Phi) is 5.23. The van der Waals surface area contributed by atoms with Crippen molar-refractivity contribution in [1.82, 2.24) is 5.16 Å². The highest BCUT2D eigenvalue weighted by molar-refractivity contribution is 6.15. The summed E-state index contributed by atoms with van der Waals surface area (Å²) in [7, 11) is 0. The number of aromatic nitrogens is 1. The second-order valence-corrected chi connectivity index (χ2v) is 6.82. The van der Waals surface area contributed by atoms with Crippen LogP contribution in [0.1, 0.15) is 15.9 Å². The molecule has 4 aromatic rings. The maximum Gasteiger partial charge on any atom is 0.323 e. The number of carbonyl (C=O) groups is 2. The lowest BCUT2D eigenvalue weighted by atomic mass is 10.1. The van der Waals surface area contributed by atoms with Gasteiger partial charge in [0.2, 0.25) is 0 Å². The fourth-order valence-corrected chi connectivity index (χ4v) is 3.08. The van der Waals surface area contributed by atoms with Crippen LogP contribution in [0.25, 0.3) is 11.0 Å². The third-order valence-corrected chi connectivity index (χ3v) is 4.57. The summed E-state index contributed by atoms with van der Waals surface area (Å²) in [6.45, 7) is 1.84. The molecule has 0 radical (unpaired) electrons. The quantitative estimate of drug-likeness (QED) is 0.380. The molecule has 3 aromatic carbocycles. The first-order valence-electron chi connectivity index (χ1n) is 9.30. The van der Waals surface area contributed by atoms with Gasteiger partial charge >= 0.3 is 6.03 Å². The summed E-state index contributed by atoms with van der Waals surface area (Å²) in [4.78, 5) is 24.8. The van der Waals surface area contributed by atoms with Crippen LogP contribution in [0.3, 0.4) is 0 Å². The number of nitrogen functional groups attached to an aromatic ring is 1. The van der Waals surface area contributed by atoms with E-state index < -0.39 is 11.8 Å². The van der Waals surface area contributed by atoms with Gasteiger partial charge < -0.3 is 26.2 Å². The Bertz CT molecular complexity index is 1280. The SMILES string of the molecule is Cc1ccc(C(=O)Nc2ccc(NC(=O)Nc3cccc(F)c3)cc2)c2c(N)noc12. The highest BCUT2D eigenvalue weighted by Gasteiger charge is 2.18. The maximum absolute atomic E-state index is 13.2. The topological polar surface area (TPSA) is 122 Å². The molecule has 4 rings (SSSR count). The molecule has 0 bridgehead atoms. The first-order chi connectivity index (χ1) is 14.9. The number of benzene rings is 3. The van der Waals surface area contributed by atoms with Gasteiger partial charge in [0.1, 0.15) is 5.82 Å². The normalized spacial score (nSPS) is 10.6. The van der Waals surface area contributed by atoms with Crippen molar-refractivity contribution in [2.75, 3.05) is 21.7 Å². The number of amides is 3. The largest absolute Gasteiger partial charge is 0.380 e. The summed E-state index contributed by atoms with van der Waals surface area (Å²) >= 11 is 0. The summed E-state index contributed by atoms with van der Waals surface area (Å²) in [5.74, 6) is -0.672. The predicted molar refractivity (Wildman–Crippen MR) is 117 cm³/mol. The van der Waals surface area contributed by atoms with Crippen molar-refractivity contribution in [2.45, 2.75) is 6.92 Å². The Morgan fingerprint density at radius 1 is 0.935 bits per heavy atom. The fraction of sp³-hybridized carbons (Fsp3) is 0.0455. The second-order valence-electron chi connectivity index (χ2n) is 6.82. The number of nitrogens with one attached hydrogen (secondary N) is 3. The molecule has 0 aliphatic carbocycles. The number of aryl methyl sites for hydroxylation is 1. The molecular weight excluding hydrogens is 401 g/mol. The van der Waals surface area contributed by atoms with Crippen molar-refractivity contribution in [2.24, 2.45) is 0 Å². The number of carbonyl (C=O) groups excluding carboxylic acids is 2. The molecule has 0 spiro atoms. The van der Waals surface area contributed by atoms with E-state index in [0.29, 0.717) is 33.6 Å². The van der Waals surface area contributed by atoms with Crippen LogP contribution in [-0.4, -0.2) is 17.1 Å². The van der Waals surface area contributed by atoms with Crippen molar-refractivity contribution in [3.63, 3.8) is 0 Å². The van der Waals surface area contributed by atoms with Crippen LogP contribution >= 0.6 is 0 Å². The summed E-state index contributed by atoms with van der Waals surface area (Å²) in [6.07, 6.45) is 0. The molecule has 1 heterocycles. The van der Waals surface area contributed by atoms with Crippen LogP contribution in [0.2, 0.25) is 0 Å². The van der Waals surface area contributed by atoms with Crippen molar-refractivity contribution in [3.05, 3.63) is 77.6 Å². The smallest absolute Gasteiger partial charge is 0.323 e. The van der Waals surface area contributed by atoms with Crippen molar-refractivity contribution in [1.29, 1.82) is 0 Å². The Labute approximate surface area is 176 Å². The van der Waals surface area contributed by atoms with Gasteiger partial charge in [-0.15, -0.1) is 0 Å². The third-order valence-electron chi connectivity index (χ3n) is 4.57. The molecular formula is C22H18FN5O3. The van der Waals surface area contributed by atoms with E-state index in [2.05, 4.69) is 21.1 Å². The van der Waals surface area contributed by atoms with Gasteiger partial charge in [-0.3, -0.25) is 4.79 Å². The van der Waals surface area contributed by atoms with Crippen molar-refractivity contribution < 1.29 is 18.5 Å². The minimum atomic E-state index is -0.521. The number of hydrogen-bond donors (Lipinski definition) is 4. The van der Waals surface area contributed by atoms with E-state index in [-0.39, 0.29) is 11.7 Å². The predicted octanol–water partition coefficient (Wildman–Crippen LogP) is 4.75. The molecule has 156 valence electrons. The number of anilines is 4. The van der Waals surface area contributed by atoms with Gasteiger partial charge in [-0.25, -0.2) is 9.18 Å². The Balaban J connectivity index is 1.43. The molecule has 0 atom stereocenters. The van der Waals surface area contributed by atoms with Gasteiger partial charge in [0.25, 0.3) is 5.91 Å². The van der Waals surface area contributed by atoms with Gasteiger partial charge in [0.15, 0.2) is 11.4 Å². The van der Waals surface area contributed by atoms with Crippen molar-refractivity contribution >= 4 is 45.8 Å². The molecule has 3 amide bonds. The number of nitrogens with zero attached hydrogens (tertiary/aromatic N) is 1. The standard InChI is InChI=1S/C22H18FN5O3/c1-12-5-10-17(18-19(12)31-28-20(18)24)21(29)25-14-6-8-15(9-7-14)26-22(30)27-16-4-2-3-13(23)11-16/h2-11H,1H3,(H2,24,28)(H,25,29)(H2,26,27,30). The van der Waals surface area contributed by atoms with E-state index >= 15 is 0 Å². The molecule has 0 saturated carbocycles. The average Bonchev–Trinajstić information content (AvgIpc) is 3.12. The maximum atomic E-state index is 13.2. The Morgan fingerprint density at radius 2 is 1.61 bits per heavy atom. The van der Waals surface area contributed by atoms with Gasteiger partial charge in [-0.2, -0.15) is 0 Å². The summed E-state index contributed by atoms with van der Waals surface area (Å²) in [6, 6.07) is 15.0. The zero-order valence-corrected chi connectivity index (χ0v) is 16.4. The monoisotopic (exact) mass is 419 g/mol. The molecule has 5 N–H and O–H groups in total. The first kappa shape index (κ1) is 19.9. The van der Waals surface area contributed by atoms with Crippen LogP contribution in [0.5, 0.6) is 0 Å². The summed E-state index contributed by atoms with van der Waals surface area (Å²) in [5, 5.41) is 12.2. The molecule has 0 fully saturated rings. The molecule has 1 aromatic heterocycles. The van der Waals surface area contributed by atoms with Gasteiger partial charge in [0, 0.05) is 17.1 Å². The molecule has 0 unspecified atom stereocenters. The lowest BCUT2D eigenvalue weighted by Crippen LogP contribution is -2.19. The van der Waals surface area contributed by atoms with Crippen LogP contribution in [0.15, 0.2) is 65.2 Å². The number of halogens is 1. The number of hydrogen-bond acceptors (Lipinski definition) is 5. The second kappa shape index (κ2) is 8.15. The first-order valence-corrected chi connectivity index (χ1v) is 9.30. The zero-order valence-electron chi connectivity index (χ0n) is 16.4. The summed E-state index contributed by atoms with van der Waals surface area (Å²) in [5.41, 5.74) is 8.83. The van der Waals surface area contributed by atoms with Crippen LogP contribution in [0.4, 0.5) is 32.1 Å². The molecule has 31 heavy (non-hydrogen) atoms. The van der Waals surface area contributed by atoms with E-state index in [9.17, 15) is 14.0 Å². The Hall–Kier alpha value is -4.40. The minimum Gasteiger partial charge on any atom is -0.380 e. The lowest BCUT2D eigenvalue weighted by Gasteiger charge is -2.10. The van der Waals surface area contributed by atoms with Crippen LogP contribution in [-0.2, 0) is 0 Å². The van der Waals surface area contributed by atoms with E-state index in [1.807, 2.05) is 6.92 Å². The van der Waals surface area contributed by atoms with Gasteiger partial charge in [-0.1, -0.05) is 17.3 Å². The Morgan fingerprint density at radius 3 is 2.32 bits per heavy atom. The average molecular weight is 419 g/mol. The number of nitrogens with two attached hydrogens (primary N) is 1. The minimum absolute atomic E-state index is 0.146. The highest BCUT2D eigenvalue weighted by atomic mass is 19.1. The van der Waals surface area contributed by atoms with Crippen LogP contribution in [0, 0.1) is 12.7 Å². The summed E-state index contributed by atoms with van der Waals surface area (Å²) < 4.78 is 18.4. The molecule has 0 aliphatic rings. The van der Waals surface area contributed by atoms with Crippen molar-refractivity contribution in [3.8, 4) is 0 Å². The number of rotatable bonds is 4. The molecule has 0 aliphatic heterocycles. The fourth-order valence-electron chi connectivity index (χ4n) is 3.08. The van der Waals surface area contributed by atoms with E-state index in [1.54, 1.807) is 42.5 Å². The van der Waals surface area contributed by atoms with E-state index in [1.165, 1.54) is 18.2 Å². The zero-order chi connectivity index (χ0) is 22.0. The third kappa shape index (κ3) is 4.30. The van der Waals surface area contributed by atoms with Gasteiger partial charge in [0.05, 0.1) is 10.9 Å². The van der Waals surface area contributed by atoms with Gasteiger partial charge in [-0.05, 0) is 61.0 Å². The molecule has 8 nitrogen and oxygen atoms in total. The van der Waals surface area contributed by atoms with E-state index in [4.69, 9.17) is 10.3 Å².